The van der Waals surface area contributed by atoms with Gasteiger partial charge >= 0.3 is 0 Å². The van der Waals surface area contributed by atoms with Gasteiger partial charge in [-0.1, -0.05) is 0 Å². The first-order valence-corrected chi connectivity index (χ1v) is 8.64. The van der Waals surface area contributed by atoms with Gasteiger partial charge in [-0.2, -0.15) is 0 Å². The summed E-state index contributed by atoms with van der Waals surface area (Å²) in [7, 11) is 0. The van der Waals surface area contributed by atoms with Gasteiger partial charge in [0, 0.05) is 30.1 Å². The Morgan fingerprint density at radius 1 is 1.48 bits per heavy atom. The fourth-order valence-corrected chi connectivity index (χ4v) is 3.29. The quantitative estimate of drug-likeness (QED) is 0.804. The number of carbonyl (C=O) groups is 1. The van der Waals surface area contributed by atoms with Gasteiger partial charge in [0.2, 0.25) is 5.91 Å². The molecular formula is C16H22F2N2O2S. The number of nitrogens with one attached hydrogen (secondary N) is 1. The molecule has 1 aromatic rings. The predicted octanol–water partition coefficient (Wildman–Crippen LogP) is 2.28. The van der Waals surface area contributed by atoms with Crippen LogP contribution in [0.3, 0.4) is 0 Å². The van der Waals surface area contributed by atoms with Gasteiger partial charge in [0.05, 0.1) is 19.0 Å². The highest BCUT2D eigenvalue weighted by atomic mass is 32.2. The summed E-state index contributed by atoms with van der Waals surface area (Å²) in [6.45, 7) is 7.03. The molecule has 128 valence electrons. The zero-order valence-electron chi connectivity index (χ0n) is 13.4. The molecule has 1 aliphatic heterocycles. The van der Waals surface area contributed by atoms with Crippen LogP contribution < -0.4 is 5.32 Å². The maximum absolute atomic E-state index is 13.1. The summed E-state index contributed by atoms with van der Waals surface area (Å²) >= 11 is 1.19. The summed E-state index contributed by atoms with van der Waals surface area (Å²) in [6.07, 6.45) is 0. The number of morpholine rings is 1. The second-order valence-corrected chi connectivity index (χ2v) is 6.73. The number of nitrogens with zero attached hydrogens (tertiary/aromatic N) is 1. The second-order valence-electron chi connectivity index (χ2n) is 5.68. The molecule has 0 spiro atoms. The minimum Gasteiger partial charge on any atom is -0.379 e. The number of amides is 1. The first-order valence-electron chi connectivity index (χ1n) is 7.65. The fourth-order valence-electron chi connectivity index (χ4n) is 2.54. The van der Waals surface area contributed by atoms with Gasteiger partial charge in [-0.3, -0.25) is 9.69 Å². The summed E-state index contributed by atoms with van der Waals surface area (Å²) in [5, 5.41) is 2.89. The average molecular weight is 344 g/mol. The van der Waals surface area contributed by atoms with Gasteiger partial charge in [-0.05, 0) is 32.0 Å². The van der Waals surface area contributed by atoms with E-state index in [-0.39, 0.29) is 17.7 Å². The Morgan fingerprint density at radius 2 is 2.26 bits per heavy atom. The molecule has 23 heavy (non-hydrogen) atoms. The molecule has 2 rings (SSSR count). The normalized spacial score (nSPS) is 20.3. The van der Waals surface area contributed by atoms with Gasteiger partial charge in [0.1, 0.15) is 0 Å². The summed E-state index contributed by atoms with van der Waals surface area (Å²) in [4.78, 5) is 14.7. The molecule has 1 fully saturated rings. The van der Waals surface area contributed by atoms with E-state index in [1.54, 1.807) is 0 Å². The van der Waals surface area contributed by atoms with Crippen LogP contribution >= 0.6 is 11.8 Å². The Labute approximate surface area is 139 Å². The van der Waals surface area contributed by atoms with E-state index in [4.69, 9.17) is 4.74 Å². The predicted molar refractivity (Wildman–Crippen MR) is 86.5 cm³/mol. The maximum Gasteiger partial charge on any atom is 0.230 e. The summed E-state index contributed by atoms with van der Waals surface area (Å²) in [6, 6.07) is 4.20. The second kappa shape index (κ2) is 8.61. The SMILES string of the molecule is C[C@@H](CNC(=O)CSc1ccc(F)c(F)c1)N1CCOC[C@@H]1C. The van der Waals surface area contributed by atoms with Crippen molar-refractivity contribution in [2.24, 2.45) is 0 Å². The molecule has 1 aliphatic rings. The van der Waals surface area contributed by atoms with Crippen LogP contribution in [0.2, 0.25) is 0 Å². The topological polar surface area (TPSA) is 41.6 Å². The molecule has 0 unspecified atom stereocenters. The lowest BCUT2D eigenvalue weighted by molar-refractivity contribution is -0.119. The number of hydrogen-bond acceptors (Lipinski definition) is 4. The molecule has 0 saturated carbocycles. The van der Waals surface area contributed by atoms with E-state index >= 15 is 0 Å². The number of carbonyl (C=O) groups excluding carboxylic acids is 1. The number of benzene rings is 1. The van der Waals surface area contributed by atoms with Crippen molar-refractivity contribution >= 4 is 17.7 Å². The minimum atomic E-state index is -0.898. The summed E-state index contributed by atoms with van der Waals surface area (Å²) in [5.74, 6) is -1.72. The summed E-state index contributed by atoms with van der Waals surface area (Å²) < 4.78 is 31.3. The number of hydrogen-bond donors (Lipinski definition) is 1. The number of rotatable bonds is 6. The third-order valence-electron chi connectivity index (χ3n) is 3.84. The van der Waals surface area contributed by atoms with E-state index in [1.165, 1.54) is 17.8 Å². The van der Waals surface area contributed by atoms with Crippen molar-refractivity contribution in [2.45, 2.75) is 30.8 Å². The van der Waals surface area contributed by atoms with E-state index in [0.29, 0.717) is 30.7 Å². The highest BCUT2D eigenvalue weighted by molar-refractivity contribution is 8.00. The van der Waals surface area contributed by atoms with Gasteiger partial charge < -0.3 is 10.1 Å². The van der Waals surface area contributed by atoms with Crippen LogP contribution in [0.15, 0.2) is 23.1 Å². The monoisotopic (exact) mass is 344 g/mol. The van der Waals surface area contributed by atoms with Crippen molar-refractivity contribution in [3.05, 3.63) is 29.8 Å². The molecular weight excluding hydrogens is 322 g/mol. The third kappa shape index (κ3) is 5.44. The van der Waals surface area contributed by atoms with Crippen molar-refractivity contribution in [1.82, 2.24) is 10.2 Å². The first-order chi connectivity index (χ1) is 11.0. The Balaban J connectivity index is 1.73. The van der Waals surface area contributed by atoms with Crippen LogP contribution in [0, 0.1) is 11.6 Å². The van der Waals surface area contributed by atoms with Crippen molar-refractivity contribution in [3.63, 3.8) is 0 Å². The highest BCUT2D eigenvalue weighted by Crippen LogP contribution is 2.20. The summed E-state index contributed by atoms with van der Waals surface area (Å²) in [5.41, 5.74) is 0. The molecule has 0 aromatic heterocycles. The van der Waals surface area contributed by atoms with Crippen LogP contribution in [0.25, 0.3) is 0 Å². The molecule has 2 atom stereocenters. The van der Waals surface area contributed by atoms with Crippen LogP contribution in [-0.2, 0) is 9.53 Å². The molecule has 1 aromatic carbocycles. The molecule has 1 heterocycles. The van der Waals surface area contributed by atoms with Gasteiger partial charge in [0.25, 0.3) is 0 Å². The highest BCUT2D eigenvalue weighted by Gasteiger charge is 2.23. The molecule has 4 nitrogen and oxygen atoms in total. The van der Waals surface area contributed by atoms with E-state index in [0.717, 1.165) is 18.7 Å². The van der Waals surface area contributed by atoms with Crippen LogP contribution in [0.4, 0.5) is 8.78 Å². The molecule has 1 saturated heterocycles. The smallest absolute Gasteiger partial charge is 0.230 e. The standard InChI is InChI=1S/C16H22F2N2O2S/c1-11(20-5-6-22-9-12(20)2)8-19-16(21)10-23-13-3-4-14(17)15(18)7-13/h3-4,7,11-12H,5-6,8-10H2,1-2H3,(H,19,21)/t11-,12-/m0/s1. The van der Waals surface area contributed by atoms with Gasteiger partial charge in [-0.15, -0.1) is 11.8 Å². The average Bonchev–Trinajstić information content (AvgIpc) is 2.54. The lowest BCUT2D eigenvalue weighted by atomic mass is 10.2. The van der Waals surface area contributed by atoms with Crippen LogP contribution in [-0.4, -0.2) is 54.9 Å². The fraction of sp³-hybridized carbons (Fsp3) is 0.562. The van der Waals surface area contributed by atoms with Gasteiger partial charge in [-0.25, -0.2) is 8.78 Å². The zero-order chi connectivity index (χ0) is 16.8. The maximum atomic E-state index is 13.1. The molecule has 0 radical (unpaired) electrons. The van der Waals surface area contributed by atoms with Crippen molar-refractivity contribution in [3.8, 4) is 0 Å². The van der Waals surface area contributed by atoms with E-state index in [9.17, 15) is 13.6 Å². The van der Waals surface area contributed by atoms with Crippen LogP contribution in [0.5, 0.6) is 0 Å². The lowest BCUT2D eigenvalue weighted by Gasteiger charge is -2.37. The Kier molecular flexibility index (Phi) is 6.80. The molecule has 1 N–H and O–H groups in total. The Bertz CT molecular complexity index is 545. The molecule has 0 bridgehead atoms. The zero-order valence-corrected chi connectivity index (χ0v) is 14.2. The van der Waals surface area contributed by atoms with E-state index in [2.05, 4.69) is 24.1 Å². The Hall–Kier alpha value is -1.18. The van der Waals surface area contributed by atoms with Crippen LogP contribution in [0.1, 0.15) is 13.8 Å². The third-order valence-corrected chi connectivity index (χ3v) is 4.83. The van der Waals surface area contributed by atoms with Crippen molar-refractivity contribution < 1.29 is 18.3 Å². The van der Waals surface area contributed by atoms with E-state index < -0.39 is 11.6 Å². The number of ether oxygens (including phenoxy) is 1. The van der Waals surface area contributed by atoms with Crippen molar-refractivity contribution in [2.75, 3.05) is 32.1 Å². The minimum absolute atomic E-state index is 0.118. The molecule has 7 heteroatoms. The molecule has 0 aliphatic carbocycles. The van der Waals surface area contributed by atoms with Crippen molar-refractivity contribution in [1.29, 1.82) is 0 Å². The first kappa shape index (κ1) is 18.2. The van der Waals surface area contributed by atoms with E-state index in [1.807, 2.05) is 0 Å². The number of thioether (sulfide) groups is 1. The van der Waals surface area contributed by atoms with Gasteiger partial charge in [0.15, 0.2) is 11.6 Å². The Morgan fingerprint density at radius 3 is 2.96 bits per heavy atom. The number of halogens is 2. The largest absolute Gasteiger partial charge is 0.379 e. The molecule has 1 amide bonds. The lowest BCUT2D eigenvalue weighted by Crippen LogP contribution is -2.52.